The van der Waals surface area contributed by atoms with E-state index < -0.39 is 12.1 Å². The van der Waals surface area contributed by atoms with E-state index in [1.165, 1.54) is 44.0 Å². The minimum Gasteiger partial charge on any atom is -0.507 e. The van der Waals surface area contributed by atoms with Crippen LogP contribution in [0.25, 0.3) is 0 Å². The highest BCUT2D eigenvalue weighted by Crippen LogP contribution is 2.33. The predicted octanol–water partition coefficient (Wildman–Crippen LogP) is 3.92. The van der Waals surface area contributed by atoms with Gasteiger partial charge in [-0.2, -0.15) is 0 Å². The summed E-state index contributed by atoms with van der Waals surface area (Å²) < 4.78 is 10.2. The third-order valence-electron chi connectivity index (χ3n) is 5.05. The van der Waals surface area contributed by atoms with Gasteiger partial charge in [0.25, 0.3) is 0 Å². The smallest absolute Gasteiger partial charge is 0.305 e. The Morgan fingerprint density at radius 3 is 2.38 bits per heavy atom. The molecule has 2 rings (SSSR count). The third kappa shape index (κ3) is 7.50. The summed E-state index contributed by atoms with van der Waals surface area (Å²) in [4.78, 5) is 35.7. The van der Waals surface area contributed by atoms with E-state index in [1.807, 2.05) is 6.92 Å². The molecule has 0 bridgehead atoms. The van der Waals surface area contributed by atoms with Gasteiger partial charge < -0.3 is 24.8 Å². The van der Waals surface area contributed by atoms with Crippen molar-refractivity contribution in [2.45, 2.75) is 50.5 Å². The molecule has 2 aromatic carbocycles. The number of ketones is 2. The van der Waals surface area contributed by atoms with Crippen LogP contribution in [0.2, 0.25) is 0 Å². The maximum absolute atomic E-state index is 12.2. The highest BCUT2D eigenvalue weighted by atomic mass is 32.2. The Morgan fingerprint density at radius 1 is 1.06 bits per heavy atom. The van der Waals surface area contributed by atoms with Crippen molar-refractivity contribution >= 4 is 29.3 Å². The number of aliphatic hydroxyl groups excluding tert-OH is 1. The lowest BCUT2D eigenvalue weighted by Gasteiger charge is -2.17. The normalized spacial score (nSPS) is 11.6. The van der Waals surface area contributed by atoms with Gasteiger partial charge >= 0.3 is 5.97 Å². The van der Waals surface area contributed by atoms with Gasteiger partial charge in [-0.15, -0.1) is 11.8 Å². The number of carbonyl (C=O) groups is 3. The Kier molecular flexibility index (Phi) is 10.4. The highest BCUT2D eigenvalue weighted by molar-refractivity contribution is 7.99. The summed E-state index contributed by atoms with van der Waals surface area (Å²) >= 11 is 1.27. The van der Waals surface area contributed by atoms with E-state index in [9.17, 15) is 29.7 Å². The van der Waals surface area contributed by atoms with E-state index in [2.05, 4.69) is 4.74 Å². The van der Waals surface area contributed by atoms with Crippen LogP contribution >= 0.6 is 11.8 Å². The quantitative estimate of drug-likeness (QED) is 0.217. The van der Waals surface area contributed by atoms with Crippen LogP contribution in [0.5, 0.6) is 17.2 Å². The fourth-order valence-electron chi connectivity index (χ4n) is 3.24. The van der Waals surface area contributed by atoms with Crippen molar-refractivity contribution in [1.29, 1.82) is 0 Å². The molecule has 184 valence electrons. The molecule has 0 spiro atoms. The summed E-state index contributed by atoms with van der Waals surface area (Å²) in [5, 5.41) is 30.9. The molecule has 1 atom stereocenters. The van der Waals surface area contributed by atoms with Crippen molar-refractivity contribution in [1.82, 2.24) is 0 Å². The van der Waals surface area contributed by atoms with Gasteiger partial charge in [-0.1, -0.05) is 13.3 Å². The highest BCUT2D eigenvalue weighted by Gasteiger charge is 2.18. The summed E-state index contributed by atoms with van der Waals surface area (Å²) in [6, 6.07) is 7.69. The number of phenols is 2. The van der Waals surface area contributed by atoms with Crippen molar-refractivity contribution in [3.8, 4) is 17.2 Å². The van der Waals surface area contributed by atoms with Crippen LogP contribution in [0.4, 0.5) is 0 Å². The molecular weight excluding hydrogens is 460 g/mol. The summed E-state index contributed by atoms with van der Waals surface area (Å²) in [6.45, 7) is 3.30. The summed E-state index contributed by atoms with van der Waals surface area (Å²) in [6.07, 6.45) is 0.293. The lowest BCUT2D eigenvalue weighted by Crippen LogP contribution is -2.20. The molecule has 0 aliphatic rings. The second-order valence-electron chi connectivity index (χ2n) is 7.70. The van der Waals surface area contributed by atoms with Gasteiger partial charge in [-0.3, -0.25) is 14.4 Å². The van der Waals surface area contributed by atoms with Gasteiger partial charge in [-0.05, 0) is 43.7 Å². The molecule has 0 aromatic heterocycles. The summed E-state index contributed by atoms with van der Waals surface area (Å²) in [7, 11) is 1.24. The lowest BCUT2D eigenvalue weighted by atomic mass is 10.0. The molecule has 34 heavy (non-hydrogen) atoms. The number of Topliss-reactive ketones (excluding diaryl/α,β-unsaturated/α-hetero) is 2. The number of rotatable bonds is 13. The van der Waals surface area contributed by atoms with Crippen LogP contribution in [0, 0.1) is 0 Å². The number of aromatic hydroxyl groups is 2. The van der Waals surface area contributed by atoms with Crippen LogP contribution in [0.1, 0.15) is 59.4 Å². The van der Waals surface area contributed by atoms with E-state index in [0.29, 0.717) is 22.6 Å². The molecule has 0 amide bonds. The molecule has 1 unspecified atom stereocenters. The lowest BCUT2D eigenvalue weighted by molar-refractivity contribution is -0.140. The van der Waals surface area contributed by atoms with Crippen LogP contribution < -0.4 is 4.74 Å². The van der Waals surface area contributed by atoms with Crippen molar-refractivity contribution in [2.75, 3.05) is 19.5 Å². The van der Waals surface area contributed by atoms with Gasteiger partial charge in [0, 0.05) is 22.6 Å². The van der Waals surface area contributed by atoms with E-state index in [-0.39, 0.29) is 59.4 Å². The number of hydrogen-bond donors (Lipinski definition) is 3. The average molecular weight is 491 g/mol. The second kappa shape index (κ2) is 13.0. The Balaban J connectivity index is 1.94. The fraction of sp³-hybridized carbons (Fsp3) is 0.400. The Hall–Kier alpha value is -3.04. The van der Waals surface area contributed by atoms with E-state index in [1.54, 1.807) is 12.1 Å². The number of benzene rings is 2. The van der Waals surface area contributed by atoms with Gasteiger partial charge in [0.05, 0.1) is 30.8 Å². The average Bonchev–Trinajstić information content (AvgIpc) is 2.81. The maximum Gasteiger partial charge on any atom is 0.305 e. The Morgan fingerprint density at radius 2 is 1.76 bits per heavy atom. The van der Waals surface area contributed by atoms with Crippen molar-refractivity contribution in [2.24, 2.45) is 0 Å². The molecule has 9 heteroatoms. The van der Waals surface area contributed by atoms with E-state index in [4.69, 9.17) is 4.74 Å². The maximum atomic E-state index is 12.2. The second-order valence-corrected chi connectivity index (χ2v) is 8.79. The molecule has 2 aromatic rings. The largest absolute Gasteiger partial charge is 0.507 e. The Bertz CT molecular complexity index is 1030. The SMILES string of the molecule is CCCc1c(OCC(O)CSc2ccc(C(=O)CCC(=O)OC)c(O)c2)ccc(C(C)=O)c1O. The number of hydrogen-bond acceptors (Lipinski definition) is 9. The fourth-order valence-corrected chi connectivity index (χ4v) is 4.08. The number of ether oxygens (including phenoxy) is 2. The first-order chi connectivity index (χ1) is 16.2. The molecule has 0 aliphatic heterocycles. The van der Waals surface area contributed by atoms with Gasteiger partial charge in [0.1, 0.15) is 23.9 Å². The minimum atomic E-state index is -0.849. The first-order valence-electron chi connectivity index (χ1n) is 10.9. The summed E-state index contributed by atoms with van der Waals surface area (Å²) in [5.41, 5.74) is 0.890. The molecule has 0 heterocycles. The van der Waals surface area contributed by atoms with Gasteiger partial charge in [0.2, 0.25) is 0 Å². The molecule has 3 N–H and O–H groups in total. The van der Waals surface area contributed by atoms with Crippen LogP contribution in [0.3, 0.4) is 0 Å². The van der Waals surface area contributed by atoms with Gasteiger partial charge in [0.15, 0.2) is 11.6 Å². The topological polar surface area (TPSA) is 130 Å². The molecule has 0 fully saturated rings. The molecule has 8 nitrogen and oxygen atoms in total. The first-order valence-corrected chi connectivity index (χ1v) is 11.9. The number of phenolic OH excluding ortho intramolecular Hbond substituents is 2. The van der Waals surface area contributed by atoms with Crippen molar-refractivity contribution in [3.63, 3.8) is 0 Å². The monoisotopic (exact) mass is 490 g/mol. The van der Waals surface area contributed by atoms with E-state index >= 15 is 0 Å². The van der Waals surface area contributed by atoms with Crippen molar-refractivity contribution < 1.29 is 39.2 Å². The predicted molar refractivity (Wildman–Crippen MR) is 128 cm³/mol. The number of methoxy groups -OCH3 is 1. The van der Waals surface area contributed by atoms with Gasteiger partial charge in [-0.25, -0.2) is 0 Å². The molecule has 0 saturated heterocycles. The number of thioether (sulfide) groups is 1. The first kappa shape index (κ1) is 27.2. The standard InChI is InChI=1S/C25H30O8S/c1-4-5-20-23(10-8-18(15(2)26)25(20)31)33-13-16(27)14-34-17-6-7-19(22(29)12-17)21(28)9-11-24(30)32-3/h6-8,10,12,16,27,29,31H,4-5,9,11,13-14H2,1-3H3. The summed E-state index contributed by atoms with van der Waals surface area (Å²) in [5.74, 6) is -0.713. The zero-order valence-corrected chi connectivity index (χ0v) is 20.3. The number of aliphatic hydroxyl groups is 1. The number of carbonyl (C=O) groups excluding carboxylic acids is 3. The van der Waals surface area contributed by atoms with Crippen LogP contribution in [-0.4, -0.2) is 58.4 Å². The zero-order valence-electron chi connectivity index (χ0n) is 19.5. The molecule has 0 saturated carbocycles. The molecule has 0 radical (unpaired) electrons. The van der Waals surface area contributed by atoms with Crippen LogP contribution in [0.15, 0.2) is 35.2 Å². The molecular formula is C25H30O8S. The minimum absolute atomic E-state index is 0.0291. The van der Waals surface area contributed by atoms with E-state index in [0.717, 1.165) is 6.42 Å². The zero-order chi connectivity index (χ0) is 25.3. The molecule has 0 aliphatic carbocycles. The third-order valence-corrected chi connectivity index (χ3v) is 6.18. The van der Waals surface area contributed by atoms with Crippen LogP contribution in [-0.2, 0) is 16.0 Å². The Labute approximate surface area is 202 Å². The van der Waals surface area contributed by atoms with Crippen molar-refractivity contribution in [3.05, 3.63) is 47.0 Å². The number of esters is 1.